The lowest BCUT2D eigenvalue weighted by atomic mass is 10.2. The summed E-state index contributed by atoms with van der Waals surface area (Å²) in [6.45, 7) is 7.63. The van der Waals surface area contributed by atoms with Crippen LogP contribution in [-0.2, 0) is 13.1 Å². The molecule has 2 aromatic heterocycles. The standard InChI is InChI=1S/C22H26N6/c1-18-25-21(24-16-20-9-5-6-10-23-20)15-22(26-18)28-13-11-27(12-14-28)17-19-7-3-2-4-8-19/h2-10,15H,11-14,16-17H2,1H3,(H,24,25,26). The number of hydrogen-bond donors (Lipinski definition) is 1. The van der Waals surface area contributed by atoms with Gasteiger partial charge in [0.1, 0.15) is 17.5 Å². The summed E-state index contributed by atoms with van der Waals surface area (Å²) in [6.07, 6.45) is 1.81. The minimum absolute atomic E-state index is 0.654. The first kappa shape index (κ1) is 18.4. The van der Waals surface area contributed by atoms with Crippen molar-refractivity contribution >= 4 is 11.6 Å². The summed E-state index contributed by atoms with van der Waals surface area (Å²) in [4.78, 5) is 18.4. The van der Waals surface area contributed by atoms with Crippen LogP contribution in [0.1, 0.15) is 17.1 Å². The van der Waals surface area contributed by atoms with Crippen LogP contribution in [0.3, 0.4) is 0 Å². The molecule has 0 saturated carbocycles. The highest BCUT2D eigenvalue weighted by molar-refractivity contribution is 5.50. The van der Waals surface area contributed by atoms with E-state index < -0.39 is 0 Å². The molecule has 0 atom stereocenters. The van der Waals surface area contributed by atoms with Crippen LogP contribution in [0, 0.1) is 6.92 Å². The number of nitrogens with zero attached hydrogens (tertiary/aromatic N) is 5. The van der Waals surface area contributed by atoms with Gasteiger partial charge in [-0.25, -0.2) is 9.97 Å². The highest BCUT2D eigenvalue weighted by Gasteiger charge is 2.19. The summed E-state index contributed by atoms with van der Waals surface area (Å²) in [5.41, 5.74) is 2.37. The fourth-order valence-electron chi connectivity index (χ4n) is 3.47. The molecule has 0 amide bonds. The molecule has 0 aliphatic carbocycles. The molecule has 4 rings (SSSR count). The molecule has 0 unspecified atom stereocenters. The largest absolute Gasteiger partial charge is 0.364 e. The van der Waals surface area contributed by atoms with Crippen molar-refractivity contribution in [2.75, 3.05) is 36.4 Å². The first-order valence-electron chi connectivity index (χ1n) is 9.77. The maximum atomic E-state index is 4.66. The summed E-state index contributed by atoms with van der Waals surface area (Å²) in [7, 11) is 0. The van der Waals surface area contributed by atoms with Crippen molar-refractivity contribution in [1.82, 2.24) is 19.9 Å². The number of hydrogen-bond acceptors (Lipinski definition) is 6. The zero-order valence-electron chi connectivity index (χ0n) is 16.3. The quantitative estimate of drug-likeness (QED) is 0.715. The number of piperazine rings is 1. The molecule has 1 aromatic carbocycles. The van der Waals surface area contributed by atoms with E-state index in [1.165, 1.54) is 5.56 Å². The fraction of sp³-hybridized carbons (Fsp3) is 0.318. The highest BCUT2D eigenvalue weighted by Crippen LogP contribution is 2.19. The number of rotatable bonds is 6. The van der Waals surface area contributed by atoms with Crippen LogP contribution in [0.4, 0.5) is 11.6 Å². The van der Waals surface area contributed by atoms with E-state index in [0.29, 0.717) is 6.54 Å². The van der Waals surface area contributed by atoms with Crippen molar-refractivity contribution in [3.63, 3.8) is 0 Å². The van der Waals surface area contributed by atoms with E-state index in [9.17, 15) is 0 Å². The van der Waals surface area contributed by atoms with Gasteiger partial charge in [0.15, 0.2) is 0 Å². The summed E-state index contributed by atoms with van der Waals surface area (Å²) < 4.78 is 0. The van der Waals surface area contributed by atoms with Crippen molar-refractivity contribution < 1.29 is 0 Å². The van der Waals surface area contributed by atoms with Gasteiger partial charge in [-0.1, -0.05) is 36.4 Å². The van der Waals surface area contributed by atoms with Crippen molar-refractivity contribution in [3.8, 4) is 0 Å². The number of aromatic nitrogens is 3. The van der Waals surface area contributed by atoms with Crippen LogP contribution in [0.5, 0.6) is 0 Å². The molecule has 1 aliphatic rings. The molecule has 6 nitrogen and oxygen atoms in total. The van der Waals surface area contributed by atoms with Crippen LogP contribution < -0.4 is 10.2 Å². The second kappa shape index (κ2) is 8.80. The molecule has 1 fully saturated rings. The van der Waals surface area contributed by atoms with Crippen LogP contribution in [0.15, 0.2) is 60.8 Å². The Balaban J connectivity index is 1.36. The van der Waals surface area contributed by atoms with E-state index in [1.807, 2.05) is 37.4 Å². The average Bonchev–Trinajstić information content (AvgIpc) is 2.74. The Bertz CT molecular complexity index is 876. The SMILES string of the molecule is Cc1nc(NCc2ccccn2)cc(N2CCN(Cc3ccccc3)CC2)n1. The van der Waals surface area contributed by atoms with E-state index in [-0.39, 0.29) is 0 Å². The first-order valence-corrected chi connectivity index (χ1v) is 9.77. The zero-order valence-corrected chi connectivity index (χ0v) is 16.3. The van der Waals surface area contributed by atoms with Crippen molar-refractivity contribution in [3.05, 3.63) is 77.9 Å². The maximum Gasteiger partial charge on any atom is 0.134 e. The third kappa shape index (κ3) is 4.84. The Morgan fingerprint density at radius 2 is 1.71 bits per heavy atom. The monoisotopic (exact) mass is 374 g/mol. The summed E-state index contributed by atoms with van der Waals surface area (Å²) in [5, 5.41) is 3.37. The van der Waals surface area contributed by atoms with Gasteiger partial charge in [0, 0.05) is 45.0 Å². The van der Waals surface area contributed by atoms with Crippen molar-refractivity contribution in [1.29, 1.82) is 0 Å². The van der Waals surface area contributed by atoms with Gasteiger partial charge in [0.25, 0.3) is 0 Å². The minimum Gasteiger partial charge on any atom is -0.364 e. The number of benzene rings is 1. The molecule has 1 N–H and O–H groups in total. The number of nitrogens with one attached hydrogen (secondary N) is 1. The van der Waals surface area contributed by atoms with E-state index in [4.69, 9.17) is 0 Å². The Morgan fingerprint density at radius 1 is 0.929 bits per heavy atom. The number of anilines is 2. The van der Waals surface area contributed by atoms with Gasteiger partial charge in [-0.3, -0.25) is 9.88 Å². The maximum absolute atomic E-state index is 4.66. The lowest BCUT2D eigenvalue weighted by Gasteiger charge is -2.35. The Kier molecular flexibility index (Phi) is 5.77. The van der Waals surface area contributed by atoms with Crippen LogP contribution in [0.25, 0.3) is 0 Å². The van der Waals surface area contributed by atoms with Crippen LogP contribution >= 0.6 is 0 Å². The molecule has 6 heteroatoms. The molecule has 1 saturated heterocycles. The van der Waals surface area contributed by atoms with Gasteiger partial charge in [0.05, 0.1) is 12.2 Å². The summed E-state index contributed by atoms with van der Waals surface area (Å²) >= 11 is 0. The lowest BCUT2D eigenvalue weighted by Crippen LogP contribution is -2.46. The molecular weight excluding hydrogens is 348 g/mol. The minimum atomic E-state index is 0.654. The van der Waals surface area contributed by atoms with Gasteiger partial charge >= 0.3 is 0 Å². The highest BCUT2D eigenvalue weighted by atomic mass is 15.3. The van der Waals surface area contributed by atoms with Gasteiger partial charge in [-0.05, 0) is 24.6 Å². The number of pyridine rings is 1. The van der Waals surface area contributed by atoms with Gasteiger partial charge in [0.2, 0.25) is 0 Å². The second-order valence-corrected chi connectivity index (χ2v) is 7.08. The summed E-state index contributed by atoms with van der Waals surface area (Å²) in [6, 6.07) is 18.6. The normalized spacial score (nSPS) is 14.8. The molecule has 3 heterocycles. The molecule has 3 aromatic rings. The Hall–Kier alpha value is -2.99. The third-order valence-electron chi connectivity index (χ3n) is 4.95. The Morgan fingerprint density at radius 3 is 2.46 bits per heavy atom. The van der Waals surface area contributed by atoms with E-state index in [0.717, 1.165) is 55.9 Å². The molecule has 144 valence electrons. The Labute approximate surface area is 166 Å². The van der Waals surface area contributed by atoms with Gasteiger partial charge in [-0.15, -0.1) is 0 Å². The molecule has 1 aliphatic heterocycles. The fourth-order valence-corrected chi connectivity index (χ4v) is 3.47. The second-order valence-electron chi connectivity index (χ2n) is 7.08. The molecule has 28 heavy (non-hydrogen) atoms. The van der Waals surface area contributed by atoms with E-state index >= 15 is 0 Å². The molecule has 0 spiro atoms. The zero-order chi connectivity index (χ0) is 19.2. The van der Waals surface area contributed by atoms with Crippen molar-refractivity contribution in [2.45, 2.75) is 20.0 Å². The van der Waals surface area contributed by atoms with Crippen molar-refractivity contribution in [2.24, 2.45) is 0 Å². The summed E-state index contributed by atoms with van der Waals surface area (Å²) in [5.74, 6) is 2.63. The van der Waals surface area contributed by atoms with E-state index in [2.05, 4.69) is 60.4 Å². The molecule has 0 bridgehead atoms. The topological polar surface area (TPSA) is 57.2 Å². The van der Waals surface area contributed by atoms with Crippen LogP contribution in [-0.4, -0.2) is 46.0 Å². The van der Waals surface area contributed by atoms with Crippen LogP contribution in [0.2, 0.25) is 0 Å². The molecule has 0 radical (unpaired) electrons. The number of aryl methyl sites for hydroxylation is 1. The molecular formula is C22H26N6. The predicted molar refractivity (Wildman–Crippen MR) is 112 cm³/mol. The van der Waals surface area contributed by atoms with E-state index in [1.54, 1.807) is 0 Å². The van der Waals surface area contributed by atoms with Gasteiger partial charge in [-0.2, -0.15) is 0 Å². The average molecular weight is 374 g/mol. The predicted octanol–water partition coefficient (Wildman–Crippen LogP) is 3.11. The lowest BCUT2D eigenvalue weighted by molar-refractivity contribution is 0.249. The first-order chi connectivity index (χ1) is 13.8. The third-order valence-corrected chi connectivity index (χ3v) is 4.95. The van der Waals surface area contributed by atoms with Gasteiger partial charge < -0.3 is 10.2 Å². The smallest absolute Gasteiger partial charge is 0.134 e.